The van der Waals surface area contributed by atoms with Gasteiger partial charge < -0.3 is 15.0 Å². The first kappa shape index (κ1) is 14.2. The van der Waals surface area contributed by atoms with Gasteiger partial charge in [-0.15, -0.1) is 11.3 Å². The molecule has 0 bridgehead atoms. The van der Waals surface area contributed by atoms with Gasteiger partial charge in [0, 0.05) is 4.47 Å². The van der Waals surface area contributed by atoms with E-state index in [1.165, 1.54) is 0 Å². The van der Waals surface area contributed by atoms with Crippen LogP contribution in [0.3, 0.4) is 0 Å². The number of nitrogens with two attached hydrogens (primary N) is 1. The number of thiophene rings is 1. The number of rotatable bonds is 4. The van der Waals surface area contributed by atoms with E-state index in [9.17, 15) is 0 Å². The molecule has 0 unspecified atom stereocenters. The monoisotopic (exact) mass is 364 g/mol. The van der Waals surface area contributed by atoms with Crippen LogP contribution in [0.1, 0.15) is 6.92 Å². The fourth-order valence-electron chi connectivity index (χ4n) is 2.08. The van der Waals surface area contributed by atoms with Crippen molar-refractivity contribution in [2.75, 3.05) is 12.3 Å². The Labute approximate surface area is 134 Å². The van der Waals surface area contributed by atoms with Crippen molar-refractivity contribution in [2.45, 2.75) is 6.92 Å². The second-order valence-electron chi connectivity index (χ2n) is 4.33. The van der Waals surface area contributed by atoms with Gasteiger partial charge in [-0.1, -0.05) is 17.3 Å². The number of ether oxygens (including phenoxy) is 1. The van der Waals surface area contributed by atoms with Gasteiger partial charge in [-0.05, 0) is 52.0 Å². The van der Waals surface area contributed by atoms with E-state index in [4.69, 9.17) is 15.0 Å². The summed E-state index contributed by atoms with van der Waals surface area (Å²) in [5, 5.41) is 6.10. The van der Waals surface area contributed by atoms with Gasteiger partial charge in [0.05, 0.1) is 17.0 Å². The number of nitrogen functional groups attached to an aromatic ring is 1. The van der Waals surface area contributed by atoms with E-state index in [0.29, 0.717) is 12.5 Å². The van der Waals surface area contributed by atoms with Crippen molar-refractivity contribution in [3.05, 3.63) is 40.2 Å². The van der Waals surface area contributed by atoms with E-state index < -0.39 is 0 Å². The Hall–Kier alpha value is -1.79. The summed E-state index contributed by atoms with van der Waals surface area (Å²) in [5.74, 6) is 1.14. The number of nitrogens with zero attached hydrogens (tertiary/aromatic N) is 1. The van der Waals surface area contributed by atoms with Crippen LogP contribution in [0, 0.1) is 0 Å². The SMILES string of the molecule is CCOc1ccc(-c2c(-c3sccc3Br)noc2N)cc1. The molecule has 2 heterocycles. The number of halogens is 1. The second-order valence-corrected chi connectivity index (χ2v) is 6.10. The number of benzene rings is 1. The minimum Gasteiger partial charge on any atom is -0.494 e. The second kappa shape index (κ2) is 5.91. The van der Waals surface area contributed by atoms with Crippen LogP contribution in [-0.4, -0.2) is 11.8 Å². The summed E-state index contributed by atoms with van der Waals surface area (Å²) in [6, 6.07) is 9.72. The highest BCUT2D eigenvalue weighted by atomic mass is 79.9. The lowest BCUT2D eigenvalue weighted by Gasteiger charge is -2.05. The van der Waals surface area contributed by atoms with E-state index in [-0.39, 0.29) is 0 Å². The third-order valence-electron chi connectivity index (χ3n) is 3.00. The van der Waals surface area contributed by atoms with Crippen molar-refractivity contribution in [3.8, 4) is 27.4 Å². The first-order chi connectivity index (χ1) is 10.2. The molecule has 0 aliphatic rings. The summed E-state index contributed by atoms with van der Waals surface area (Å²) in [6.07, 6.45) is 0. The number of hydrogen-bond donors (Lipinski definition) is 1. The van der Waals surface area contributed by atoms with Gasteiger partial charge >= 0.3 is 0 Å². The molecule has 0 fully saturated rings. The molecule has 3 rings (SSSR count). The van der Waals surface area contributed by atoms with Crippen molar-refractivity contribution < 1.29 is 9.26 Å². The van der Waals surface area contributed by atoms with Gasteiger partial charge in [-0.3, -0.25) is 0 Å². The maximum Gasteiger partial charge on any atom is 0.230 e. The van der Waals surface area contributed by atoms with Gasteiger partial charge in [0.25, 0.3) is 0 Å². The molecule has 4 nitrogen and oxygen atoms in total. The van der Waals surface area contributed by atoms with Crippen LogP contribution in [0.2, 0.25) is 0 Å². The molecule has 0 saturated carbocycles. The van der Waals surface area contributed by atoms with Gasteiger partial charge in [0.1, 0.15) is 11.4 Å². The summed E-state index contributed by atoms with van der Waals surface area (Å²) in [5.41, 5.74) is 8.46. The zero-order valence-corrected chi connectivity index (χ0v) is 13.7. The van der Waals surface area contributed by atoms with Gasteiger partial charge in [-0.25, -0.2) is 0 Å². The molecule has 0 aliphatic carbocycles. The standard InChI is InChI=1S/C15H13BrN2O2S/c1-2-19-10-5-3-9(4-6-10)12-13(18-20-15(12)17)14-11(16)7-8-21-14/h3-8H,2,17H2,1H3. The quantitative estimate of drug-likeness (QED) is 0.721. The Morgan fingerprint density at radius 1 is 1.29 bits per heavy atom. The zero-order valence-electron chi connectivity index (χ0n) is 11.3. The van der Waals surface area contributed by atoms with Crippen molar-refractivity contribution in [3.63, 3.8) is 0 Å². The summed E-state index contributed by atoms with van der Waals surface area (Å²) in [7, 11) is 0. The molecule has 6 heteroatoms. The van der Waals surface area contributed by atoms with Crippen molar-refractivity contribution in [1.29, 1.82) is 0 Å². The first-order valence-electron chi connectivity index (χ1n) is 6.42. The molecule has 3 aromatic rings. The summed E-state index contributed by atoms with van der Waals surface area (Å²) < 4.78 is 11.6. The lowest BCUT2D eigenvalue weighted by atomic mass is 10.0. The molecule has 108 valence electrons. The van der Waals surface area contributed by atoms with Crippen LogP contribution in [0.15, 0.2) is 44.7 Å². The number of aromatic nitrogens is 1. The van der Waals surface area contributed by atoms with Gasteiger partial charge in [-0.2, -0.15) is 0 Å². The number of anilines is 1. The predicted octanol–water partition coefficient (Wildman–Crippen LogP) is 4.81. The number of hydrogen-bond acceptors (Lipinski definition) is 5. The third kappa shape index (κ3) is 2.69. The fourth-order valence-corrected chi connectivity index (χ4v) is 3.63. The van der Waals surface area contributed by atoms with Crippen molar-refractivity contribution in [1.82, 2.24) is 5.16 Å². The lowest BCUT2D eigenvalue weighted by Crippen LogP contribution is -1.91. The average molecular weight is 365 g/mol. The Morgan fingerprint density at radius 2 is 2.05 bits per heavy atom. The largest absolute Gasteiger partial charge is 0.494 e. The molecule has 0 amide bonds. The van der Waals surface area contributed by atoms with Crippen LogP contribution in [0.4, 0.5) is 5.88 Å². The molecule has 2 N–H and O–H groups in total. The minimum atomic E-state index is 0.314. The zero-order chi connectivity index (χ0) is 14.8. The Balaban J connectivity index is 2.06. The topological polar surface area (TPSA) is 61.3 Å². The van der Waals surface area contributed by atoms with Crippen LogP contribution >= 0.6 is 27.3 Å². The Kier molecular flexibility index (Phi) is 3.98. The molecule has 0 spiro atoms. The summed E-state index contributed by atoms with van der Waals surface area (Å²) in [4.78, 5) is 0.999. The lowest BCUT2D eigenvalue weighted by molar-refractivity contribution is 0.340. The molecular formula is C15H13BrN2O2S. The van der Waals surface area contributed by atoms with Gasteiger partial charge in [0.15, 0.2) is 0 Å². The third-order valence-corrected chi connectivity index (χ3v) is 4.85. The van der Waals surface area contributed by atoms with Crippen LogP contribution in [-0.2, 0) is 0 Å². The van der Waals surface area contributed by atoms with E-state index in [2.05, 4.69) is 21.1 Å². The molecule has 0 aliphatic heterocycles. The highest BCUT2D eigenvalue weighted by molar-refractivity contribution is 9.10. The maximum atomic E-state index is 5.96. The highest BCUT2D eigenvalue weighted by Gasteiger charge is 2.20. The van der Waals surface area contributed by atoms with E-state index in [0.717, 1.165) is 31.9 Å². The molecule has 1 aromatic carbocycles. The Morgan fingerprint density at radius 3 is 2.67 bits per heavy atom. The maximum absolute atomic E-state index is 5.96. The smallest absolute Gasteiger partial charge is 0.230 e. The van der Waals surface area contributed by atoms with Crippen molar-refractivity contribution >= 4 is 33.2 Å². The van der Waals surface area contributed by atoms with Gasteiger partial charge in [0.2, 0.25) is 5.88 Å². The van der Waals surface area contributed by atoms with Crippen molar-refractivity contribution in [2.24, 2.45) is 0 Å². The summed E-state index contributed by atoms with van der Waals surface area (Å²) in [6.45, 7) is 2.60. The molecule has 0 radical (unpaired) electrons. The summed E-state index contributed by atoms with van der Waals surface area (Å²) >= 11 is 5.11. The molecular weight excluding hydrogens is 352 g/mol. The molecule has 0 atom stereocenters. The highest BCUT2D eigenvalue weighted by Crippen LogP contribution is 2.41. The Bertz CT molecular complexity index is 749. The molecule has 2 aromatic heterocycles. The van der Waals surface area contributed by atoms with E-state index in [1.54, 1.807) is 11.3 Å². The van der Waals surface area contributed by atoms with Crippen LogP contribution < -0.4 is 10.5 Å². The molecule has 21 heavy (non-hydrogen) atoms. The first-order valence-corrected chi connectivity index (χ1v) is 8.09. The normalized spacial score (nSPS) is 10.8. The van der Waals surface area contributed by atoms with Crippen LogP contribution in [0.5, 0.6) is 5.75 Å². The van der Waals surface area contributed by atoms with E-state index in [1.807, 2.05) is 42.6 Å². The predicted molar refractivity (Wildman–Crippen MR) is 88.5 cm³/mol. The van der Waals surface area contributed by atoms with Crippen LogP contribution in [0.25, 0.3) is 21.7 Å². The molecule has 0 saturated heterocycles. The fraction of sp³-hybridized carbons (Fsp3) is 0.133. The minimum absolute atomic E-state index is 0.314. The average Bonchev–Trinajstić information content (AvgIpc) is 3.06. The van der Waals surface area contributed by atoms with E-state index >= 15 is 0 Å².